The molecule has 2 atom stereocenters. The second-order valence-corrected chi connectivity index (χ2v) is 7.37. The van der Waals surface area contributed by atoms with Gasteiger partial charge in [-0.3, -0.25) is 0 Å². The molecule has 2 aromatic rings. The number of pyridine rings is 1. The number of nitrogens with two attached hydrogens (primary N) is 1. The summed E-state index contributed by atoms with van der Waals surface area (Å²) in [5.74, 6) is 0.952. The fourth-order valence-electron chi connectivity index (χ4n) is 3.72. The summed E-state index contributed by atoms with van der Waals surface area (Å²) in [5.41, 5.74) is 9.14. The molecule has 0 radical (unpaired) electrons. The van der Waals surface area contributed by atoms with Crippen LogP contribution in [0.15, 0.2) is 36.4 Å². The number of anilines is 1. The van der Waals surface area contributed by atoms with Gasteiger partial charge in [-0.05, 0) is 74.2 Å². The van der Waals surface area contributed by atoms with Crippen LogP contribution < -0.4 is 21.7 Å². The van der Waals surface area contributed by atoms with Crippen LogP contribution in [-0.4, -0.2) is 43.7 Å². The first-order valence-electron chi connectivity index (χ1n) is 9.72. The number of benzene rings is 1. The highest BCUT2D eigenvalue weighted by molar-refractivity contribution is 5.85. The Morgan fingerprint density at radius 1 is 1.18 bits per heavy atom. The number of hydrogen-bond donors (Lipinski definition) is 4. The normalized spacial score (nSPS) is 18.8. The Labute approximate surface area is 173 Å². The number of aromatic nitrogens is 1. The van der Waals surface area contributed by atoms with Crippen molar-refractivity contribution >= 4 is 18.2 Å². The van der Waals surface area contributed by atoms with Gasteiger partial charge in [0, 0.05) is 31.4 Å². The van der Waals surface area contributed by atoms with E-state index in [4.69, 9.17) is 5.73 Å². The molecule has 1 fully saturated rings. The van der Waals surface area contributed by atoms with Gasteiger partial charge in [-0.25, -0.2) is 9.37 Å². The molecule has 1 saturated heterocycles. The van der Waals surface area contributed by atoms with Crippen molar-refractivity contribution in [3.63, 3.8) is 0 Å². The molecule has 1 aromatic carbocycles. The standard InChI is InChI=1S/C21H30FN5.ClH/c1-15-9-19(27-21(23)10-15)12-17-13-25-14-20(17)26-8-7-24-6-5-16-3-2-4-18(22)11-16;/h2-4,9-11,17,20,24-26H,5-8,12-14H2,1H3,(H2,23,27);1H/t17-,20+;/m1./s1. The lowest BCUT2D eigenvalue weighted by molar-refractivity contribution is 0.419. The van der Waals surface area contributed by atoms with E-state index in [1.807, 2.05) is 12.1 Å². The minimum atomic E-state index is -0.168. The van der Waals surface area contributed by atoms with Crippen LogP contribution in [-0.2, 0) is 12.8 Å². The van der Waals surface area contributed by atoms with Gasteiger partial charge < -0.3 is 21.7 Å². The maximum absolute atomic E-state index is 13.2. The van der Waals surface area contributed by atoms with Gasteiger partial charge in [-0.2, -0.15) is 0 Å². The summed E-state index contributed by atoms with van der Waals surface area (Å²) in [6.45, 7) is 6.70. The zero-order valence-electron chi connectivity index (χ0n) is 16.4. The van der Waals surface area contributed by atoms with Crippen molar-refractivity contribution in [2.45, 2.75) is 25.8 Å². The highest BCUT2D eigenvalue weighted by Gasteiger charge is 2.26. The minimum absolute atomic E-state index is 0. The van der Waals surface area contributed by atoms with Gasteiger partial charge >= 0.3 is 0 Å². The molecule has 7 heteroatoms. The molecule has 0 unspecified atom stereocenters. The number of hydrogen-bond acceptors (Lipinski definition) is 5. The first-order valence-corrected chi connectivity index (χ1v) is 9.72. The maximum Gasteiger partial charge on any atom is 0.123 e. The lowest BCUT2D eigenvalue weighted by Gasteiger charge is -2.20. The Hall–Kier alpha value is -1.73. The van der Waals surface area contributed by atoms with Gasteiger partial charge in [0.25, 0.3) is 0 Å². The third-order valence-electron chi connectivity index (χ3n) is 5.04. The summed E-state index contributed by atoms with van der Waals surface area (Å²) in [4.78, 5) is 4.47. The predicted octanol–water partition coefficient (Wildman–Crippen LogP) is 2.09. The predicted molar refractivity (Wildman–Crippen MR) is 115 cm³/mol. The minimum Gasteiger partial charge on any atom is -0.384 e. The Morgan fingerprint density at radius 2 is 2.04 bits per heavy atom. The van der Waals surface area contributed by atoms with E-state index in [-0.39, 0.29) is 18.2 Å². The molecule has 5 N–H and O–H groups in total. The number of aryl methyl sites for hydroxylation is 1. The molecule has 154 valence electrons. The Kier molecular flexibility index (Phi) is 9.12. The van der Waals surface area contributed by atoms with E-state index in [0.717, 1.165) is 62.4 Å². The van der Waals surface area contributed by atoms with E-state index < -0.39 is 0 Å². The van der Waals surface area contributed by atoms with Crippen molar-refractivity contribution < 1.29 is 4.39 Å². The lowest BCUT2D eigenvalue weighted by Crippen LogP contribution is -2.40. The molecule has 1 aliphatic rings. The van der Waals surface area contributed by atoms with E-state index >= 15 is 0 Å². The smallest absolute Gasteiger partial charge is 0.123 e. The van der Waals surface area contributed by atoms with E-state index in [9.17, 15) is 4.39 Å². The van der Waals surface area contributed by atoms with Gasteiger partial charge in [0.15, 0.2) is 0 Å². The summed E-state index contributed by atoms with van der Waals surface area (Å²) < 4.78 is 13.2. The van der Waals surface area contributed by atoms with Gasteiger partial charge in [0.2, 0.25) is 0 Å². The zero-order valence-corrected chi connectivity index (χ0v) is 17.2. The average Bonchev–Trinajstić information content (AvgIpc) is 3.04. The number of nitrogens with one attached hydrogen (secondary N) is 3. The van der Waals surface area contributed by atoms with Crippen LogP contribution in [0, 0.1) is 18.7 Å². The molecule has 0 bridgehead atoms. The van der Waals surface area contributed by atoms with Gasteiger partial charge in [-0.15, -0.1) is 12.4 Å². The third-order valence-corrected chi connectivity index (χ3v) is 5.04. The van der Waals surface area contributed by atoms with Crippen LogP contribution in [0.1, 0.15) is 16.8 Å². The van der Waals surface area contributed by atoms with E-state index in [0.29, 0.717) is 17.8 Å². The quantitative estimate of drug-likeness (QED) is 0.479. The summed E-state index contributed by atoms with van der Waals surface area (Å²) in [6, 6.07) is 11.3. The molecule has 0 spiro atoms. The van der Waals surface area contributed by atoms with Crippen LogP contribution in [0.2, 0.25) is 0 Å². The lowest BCUT2D eigenvalue weighted by atomic mass is 9.97. The SMILES string of the molecule is Cc1cc(N)nc(C[C@@H]2CNC[C@@H]2NCCNCCc2cccc(F)c2)c1.Cl. The Bertz CT molecular complexity index is 722. The number of rotatable bonds is 9. The van der Waals surface area contributed by atoms with Crippen molar-refractivity contribution in [3.05, 3.63) is 59.0 Å². The van der Waals surface area contributed by atoms with Crippen LogP contribution >= 0.6 is 12.4 Å². The molecular formula is C21H31ClFN5. The summed E-state index contributed by atoms with van der Waals surface area (Å²) in [7, 11) is 0. The fraction of sp³-hybridized carbons (Fsp3) is 0.476. The summed E-state index contributed by atoms with van der Waals surface area (Å²) in [6.07, 6.45) is 1.77. The molecular weight excluding hydrogens is 377 g/mol. The average molecular weight is 408 g/mol. The fourth-order valence-corrected chi connectivity index (χ4v) is 3.72. The molecule has 3 rings (SSSR count). The molecule has 1 aromatic heterocycles. The number of nitrogen functional groups attached to an aromatic ring is 1. The second kappa shape index (κ2) is 11.3. The topological polar surface area (TPSA) is 75.0 Å². The largest absolute Gasteiger partial charge is 0.384 e. The molecule has 5 nitrogen and oxygen atoms in total. The third kappa shape index (κ3) is 7.02. The van der Waals surface area contributed by atoms with Gasteiger partial charge in [0.1, 0.15) is 11.6 Å². The molecule has 0 saturated carbocycles. The van der Waals surface area contributed by atoms with E-state index in [1.54, 1.807) is 12.1 Å². The van der Waals surface area contributed by atoms with Crippen molar-refractivity contribution in [2.24, 2.45) is 5.92 Å². The second-order valence-electron chi connectivity index (χ2n) is 7.37. The number of halogens is 2. The van der Waals surface area contributed by atoms with E-state index in [1.165, 1.54) is 6.07 Å². The highest BCUT2D eigenvalue weighted by atomic mass is 35.5. The Morgan fingerprint density at radius 3 is 2.82 bits per heavy atom. The Balaban J connectivity index is 0.00000280. The maximum atomic E-state index is 13.2. The van der Waals surface area contributed by atoms with Crippen LogP contribution in [0.5, 0.6) is 0 Å². The number of nitrogens with zero attached hydrogens (tertiary/aromatic N) is 1. The first kappa shape index (κ1) is 22.6. The van der Waals surface area contributed by atoms with Crippen molar-refractivity contribution in [1.82, 2.24) is 20.9 Å². The molecule has 0 aliphatic carbocycles. The summed E-state index contributed by atoms with van der Waals surface area (Å²) >= 11 is 0. The molecule has 0 amide bonds. The summed E-state index contributed by atoms with van der Waals surface area (Å²) in [5, 5.41) is 10.5. The zero-order chi connectivity index (χ0) is 19.1. The van der Waals surface area contributed by atoms with Crippen molar-refractivity contribution in [1.29, 1.82) is 0 Å². The van der Waals surface area contributed by atoms with Gasteiger partial charge in [-0.1, -0.05) is 12.1 Å². The van der Waals surface area contributed by atoms with Crippen molar-refractivity contribution in [3.8, 4) is 0 Å². The van der Waals surface area contributed by atoms with Crippen molar-refractivity contribution in [2.75, 3.05) is 38.5 Å². The monoisotopic (exact) mass is 407 g/mol. The first-order chi connectivity index (χ1) is 13.1. The van der Waals surface area contributed by atoms with Gasteiger partial charge in [0.05, 0.1) is 0 Å². The van der Waals surface area contributed by atoms with Crippen LogP contribution in [0.25, 0.3) is 0 Å². The van der Waals surface area contributed by atoms with E-state index in [2.05, 4.69) is 33.9 Å². The van der Waals surface area contributed by atoms with Crippen LogP contribution in [0.3, 0.4) is 0 Å². The molecule has 1 aliphatic heterocycles. The molecule has 28 heavy (non-hydrogen) atoms. The highest BCUT2D eigenvalue weighted by Crippen LogP contribution is 2.17. The van der Waals surface area contributed by atoms with Crippen LogP contribution in [0.4, 0.5) is 10.2 Å². The molecule has 2 heterocycles.